The molecule has 32 heavy (non-hydrogen) atoms. The van der Waals surface area contributed by atoms with Crippen molar-refractivity contribution in [2.45, 2.75) is 11.8 Å². The second kappa shape index (κ2) is 11.0. The van der Waals surface area contributed by atoms with Crippen LogP contribution in [0.1, 0.15) is 23.0 Å². The Morgan fingerprint density at radius 3 is 1.38 bits per heavy atom. The van der Waals surface area contributed by atoms with Gasteiger partial charge >= 0.3 is 6.16 Å². The van der Waals surface area contributed by atoms with Crippen molar-refractivity contribution in [3.05, 3.63) is 67.8 Å². The Labute approximate surface area is 177 Å². The number of non-ortho nitro benzene ring substituents is 2. The highest BCUT2D eigenvalue weighted by molar-refractivity contribution is 5.69. The highest BCUT2D eigenvalue weighted by Gasteiger charge is 2.25. The van der Waals surface area contributed by atoms with Gasteiger partial charge in [-0.2, -0.15) is 0 Å². The molecule has 0 aromatic heterocycles. The number of ether oxygens (including phenoxy) is 2. The average molecular weight is 460 g/mol. The van der Waals surface area contributed by atoms with Crippen molar-refractivity contribution in [2.24, 2.45) is 0 Å². The second-order valence-corrected chi connectivity index (χ2v) is 6.42. The first-order valence-corrected chi connectivity index (χ1v) is 8.95. The molecule has 0 bridgehead atoms. The lowest BCUT2D eigenvalue weighted by atomic mass is 10.00. The van der Waals surface area contributed by atoms with Gasteiger partial charge in [-0.15, -0.1) is 0 Å². The van der Waals surface area contributed by atoms with E-state index in [9.17, 15) is 42.6 Å². The molecule has 2 rings (SSSR count). The molecule has 0 aliphatic rings. The van der Waals surface area contributed by atoms with Crippen LogP contribution >= 0.6 is 0 Å². The molecule has 0 saturated carbocycles. The fourth-order valence-corrected chi connectivity index (χ4v) is 2.74. The molecule has 2 aromatic carbocycles. The summed E-state index contributed by atoms with van der Waals surface area (Å²) in [6.45, 7) is -4.98. The molecule has 9 nitrogen and oxygen atoms in total. The Bertz CT molecular complexity index is 920. The lowest BCUT2D eigenvalue weighted by Crippen LogP contribution is -2.18. The lowest BCUT2D eigenvalue weighted by molar-refractivity contribution is -0.385. The Kier molecular flexibility index (Phi) is 8.44. The Morgan fingerprint density at radius 2 is 1.09 bits per heavy atom. The van der Waals surface area contributed by atoms with Gasteiger partial charge in [-0.1, -0.05) is 0 Å². The quantitative estimate of drug-likeness (QED) is 0.158. The maximum Gasteiger partial charge on any atom is 0.519 e. The van der Waals surface area contributed by atoms with E-state index in [2.05, 4.69) is 0 Å². The van der Waals surface area contributed by atoms with E-state index < -0.39 is 77.4 Å². The average Bonchev–Trinajstić information content (AvgIpc) is 2.77. The van der Waals surface area contributed by atoms with Crippen LogP contribution in [0.5, 0.6) is 11.5 Å². The molecule has 0 heterocycles. The summed E-state index contributed by atoms with van der Waals surface area (Å²) in [6.07, 6.45) is -1.50. The molecule has 172 valence electrons. The van der Waals surface area contributed by atoms with Crippen LogP contribution in [0.25, 0.3) is 0 Å². The Hall–Kier alpha value is -3.77. The van der Waals surface area contributed by atoms with Crippen LogP contribution in [-0.2, 0) is 0 Å². The number of hydrogen-bond acceptors (Lipinski definition) is 7. The van der Waals surface area contributed by atoms with Gasteiger partial charge in [0.05, 0.1) is 36.5 Å². The van der Waals surface area contributed by atoms with Gasteiger partial charge in [0.25, 0.3) is 11.4 Å². The van der Waals surface area contributed by atoms with Crippen molar-refractivity contribution >= 4 is 17.5 Å². The van der Waals surface area contributed by atoms with Crippen molar-refractivity contribution in [2.75, 3.05) is 26.7 Å². The molecule has 0 unspecified atom stereocenters. The molecule has 0 amide bonds. The normalized spacial score (nSPS) is 10.9. The van der Waals surface area contributed by atoms with Crippen LogP contribution < -0.4 is 9.47 Å². The highest BCUT2D eigenvalue weighted by atomic mass is 19.1. The van der Waals surface area contributed by atoms with E-state index in [-0.39, 0.29) is 11.1 Å². The minimum absolute atomic E-state index is 0.310. The zero-order valence-electron chi connectivity index (χ0n) is 16.2. The Morgan fingerprint density at radius 1 is 0.750 bits per heavy atom. The summed E-state index contributed by atoms with van der Waals surface area (Å²) >= 11 is 0. The molecular formula is C19H16F4N2O7. The van der Waals surface area contributed by atoms with E-state index in [1.54, 1.807) is 0 Å². The first-order valence-electron chi connectivity index (χ1n) is 8.95. The van der Waals surface area contributed by atoms with E-state index in [4.69, 9.17) is 9.47 Å². The number of carbonyl (C=O) groups is 1. The van der Waals surface area contributed by atoms with E-state index in [1.165, 1.54) is 0 Å². The molecule has 0 aliphatic carbocycles. The molecular weight excluding hydrogens is 444 g/mol. The third-order valence-corrected chi connectivity index (χ3v) is 4.42. The maximum atomic E-state index is 13.2. The molecule has 0 atom stereocenters. The van der Waals surface area contributed by atoms with Crippen LogP contribution in [0.2, 0.25) is 0 Å². The summed E-state index contributed by atoms with van der Waals surface area (Å²) in [4.78, 5) is 32.5. The van der Waals surface area contributed by atoms with E-state index >= 15 is 0 Å². The number of nitro groups is 2. The highest BCUT2D eigenvalue weighted by Crippen LogP contribution is 2.34. The molecule has 0 spiro atoms. The second-order valence-electron chi connectivity index (χ2n) is 6.42. The topological polar surface area (TPSA) is 122 Å². The minimum Gasteiger partial charge on any atom is -0.394 e. The van der Waals surface area contributed by atoms with Crippen molar-refractivity contribution in [3.8, 4) is 11.5 Å². The maximum absolute atomic E-state index is 13.2. The number of alkyl halides is 4. The fourth-order valence-electron chi connectivity index (χ4n) is 2.74. The van der Waals surface area contributed by atoms with E-state index in [0.717, 1.165) is 36.4 Å². The molecule has 0 aliphatic heterocycles. The van der Waals surface area contributed by atoms with Gasteiger partial charge < -0.3 is 9.47 Å². The lowest BCUT2D eigenvalue weighted by Gasteiger charge is -2.16. The summed E-state index contributed by atoms with van der Waals surface area (Å²) in [6, 6.07) is 5.42. The van der Waals surface area contributed by atoms with Gasteiger partial charge in [0.2, 0.25) is 0 Å². The number of nitro benzene ring substituents is 2. The summed E-state index contributed by atoms with van der Waals surface area (Å²) < 4.78 is 62.4. The van der Waals surface area contributed by atoms with Crippen LogP contribution in [0.4, 0.5) is 33.7 Å². The minimum atomic E-state index is -1.50. The zero-order chi connectivity index (χ0) is 23.8. The fraction of sp³-hybridized carbons (Fsp3) is 0.316. The summed E-state index contributed by atoms with van der Waals surface area (Å²) in [5.41, 5.74) is -1.62. The summed E-state index contributed by atoms with van der Waals surface area (Å²) in [5.74, 6) is -3.79. The smallest absolute Gasteiger partial charge is 0.394 e. The predicted molar refractivity (Wildman–Crippen MR) is 102 cm³/mol. The van der Waals surface area contributed by atoms with Gasteiger partial charge in [0.15, 0.2) is 0 Å². The number of rotatable bonds is 10. The molecule has 0 N–H and O–H groups in total. The van der Waals surface area contributed by atoms with Crippen molar-refractivity contribution in [3.63, 3.8) is 0 Å². The van der Waals surface area contributed by atoms with Crippen molar-refractivity contribution < 1.29 is 41.7 Å². The molecule has 0 radical (unpaired) electrons. The van der Waals surface area contributed by atoms with Gasteiger partial charge in [-0.05, 0) is 12.1 Å². The largest absolute Gasteiger partial charge is 0.519 e. The number of hydrogen-bond donors (Lipinski definition) is 0. The zero-order valence-corrected chi connectivity index (χ0v) is 16.2. The first-order chi connectivity index (χ1) is 15.2. The molecule has 2 aromatic rings. The molecule has 0 saturated heterocycles. The molecule has 13 heteroatoms. The van der Waals surface area contributed by atoms with Crippen molar-refractivity contribution in [1.29, 1.82) is 0 Å². The standard InChI is InChI=1S/C19H16F4N2O7/c20-7-11(8-21)15-5-13(24(27)28)1-3-17(15)31-19(26)32-18-4-2-14(25(29)30)6-16(18)12(9-22)10-23/h1-6,11-12H,7-10H2. The molecule has 0 fully saturated rings. The number of nitrogens with zero attached hydrogens (tertiary/aromatic N) is 2. The van der Waals surface area contributed by atoms with Crippen LogP contribution in [0.15, 0.2) is 36.4 Å². The summed E-state index contributed by atoms with van der Waals surface area (Å²) in [5, 5.41) is 21.9. The first kappa shape index (κ1) is 24.5. The monoisotopic (exact) mass is 460 g/mol. The predicted octanol–water partition coefficient (Wildman–Crippen LogP) is 5.13. The van der Waals surface area contributed by atoms with E-state index in [0.29, 0.717) is 0 Å². The van der Waals surface area contributed by atoms with Crippen LogP contribution in [0.3, 0.4) is 0 Å². The van der Waals surface area contributed by atoms with Gasteiger partial charge in [0, 0.05) is 47.2 Å². The summed E-state index contributed by atoms with van der Waals surface area (Å²) in [7, 11) is 0. The van der Waals surface area contributed by atoms with Gasteiger partial charge in [-0.25, -0.2) is 4.79 Å². The third-order valence-electron chi connectivity index (χ3n) is 4.42. The SMILES string of the molecule is O=C(Oc1ccc([N+](=O)[O-])cc1C(CF)CF)Oc1ccc([N+](=O)[O-])cc1C(CF)CF. The number of carbonyl (C=O) groups excluding carboxylic acids is 1. The van der Waals surface area contributed by atoms with Crippen molar-refractivity contribution in [1.82, 2.24) is 0 Å². The van der Waals surface area contributed by atoms with Gasteiger partial charge in [0.1, 0.15) is 11.5 Å². The van der Waals surface area contributed by atoms with Crippen LogP contribution in [0, 0.1) is 20.2 Å². The van der Waals surface area contributed by atoms with E-state index in [1.807, 2.05) is 0 Å². The van der Waals surface area contributed by atoms with Crippen LogP contribution in [-0.4, -0.2) is 42.7 Å². The number of halogens is 4. The number of benzene rings is 2. The Balaban J connectivity index is 2.36. The van der Waals surface area contributed by atoms with Gasteiger partial charge in [-0.3, -0.25) is 37.8 Å². The third kappa shape index (κ3) is 5.68.